The van der Waals surface area contributed by atoms with Crippen LogP contribution in [0.3, 0.4) is 0 Å². The SMILES string of the molecule is COc1ccc(C2(c3ccc(OC)cc3)n3nc(C)cc3C(=O)[C@@]23CCc2ccccc2C3=O)cc1. The molecule has 0 N–H and O–H groups in total. The molecule has 1 atom stereocenters. The molecule has 3 aromatic carbocycles. The second-order valence-corrected chi connectivity index (χ2v) is 9.47. The van der Waals surface area contributed by atoms with Crippen molar-refractivity contribution < 1.29 is 19.1 Å². The van der Waals surface area contributed by atoms with Gasteiger partial charge in [-0.1, -0.05) is 48.5 Å². The maximum Gasteiger partial charge on any atom is 0.198 e. The molecule has 6 nitrogen and oxygen atoms in total. The highest BCUT2D eigenvalue weighted by atomic mass is 16.5. The molecule has 0 radical (unpaired) electrons. The Bertz CT molecular complexity index is 1450. The fraction of sp³-hybridized carbons (Fsp3) is 0.233. The average molecular weight is 479 g/mol. The minimum Gasteiger partial charge on any atom is -0.497 e. The Morgan fingerprint density at radius 3 is 1.97 bits per heavy atom. The summed E-state index contributed by atoms with van der Waals surface area (Å²) in [6.07, 6.45) is 0.994. The normalized spacial score (nSPS) is 19.8. The van der Waals surface area contributed by atoms with Crippen molar-refractivity contribution in [1.29, 1.82) is 0 Å². The summed E-state index contributed by atoms with van der Waals surface area (Å²) >= 11 is 0. The van der Waals surface area contributed by atoms with Crippen LogP contribution in [-0.4, -0.2) is 35.6 Å². The fourth-order valence-corrected chi connectivity index (χ4v) is 6.24. The number of ketones is 2. The molecule has 1 spiro atoms. The van der Waals surface area contributed by atoms with Crippen molar-refractivity contribution in [2.24, 2.45) is 5.41 Å². The van der Waals surface area contributed by atoms with Crippen LogP contribution >= 0.6 is 0 Å². The molecule has 36 heavy (non-hydrogen) atoms. The number of carbonyl (C=O) groups is 2. The van der Waals surface area contributed by atoms with Crippen LogP contribution in [0.25, 0.3) is 0 Å². The van der Waals surface area contributed by atoms with E-state index in [2.05, 4.69) is 0 Å². The highest BCUT2D eigenvalue weighted by Gasteiger charge is 2.70. The number of ether oxygens (including phenoxy) is 2. The van der Waals surface area contributed by atoms with Crippen molar-refractivity contribution >= 4 is 11.6 Å². The number of fused-ring (bicyclic) bond motifs is 2. The van der Waals surface area contributed by atoms with Gasteiger partial charge in [0.2, 0.25) is 0 Å². The number of aryl methyl sites for hydroxylation is 2. The van der Waals surface area contributed by atoms with E-state index >= 15 is 0 Å². The maximum atomic E-state index is 14.6. The molecule has 2 heterocycles. The van der Waals surface area contributed by atoms with Crippen molar-refractivity contribution in [2.75, 3.05) is 14.2 Å². The van der Waals surface area contributed by atoms with Crippen molar-refractivity contribution in [2.45, 2.75) is 25.3 Å². The molecule has 0 saturated carbocycles. The lowest BCUT2D eigenvalue weighted by atomic mass is 9.55. The molecule has 2 aliphatic rings. The summed E-state index contributed by atoms with van der Waals surface area (Å²) in [7, 11) is 3.23. The zero-order valence-corrected chi connectivity index (χ0v) is 20.4. The van der Waals surface area contributed by atoms with Gasteiger partial charge in [-0.3, -0.25) is 9.59 Å². The van der Waals surface area contributed by atoms with E-state index in [-0.39, 0.29) is 11.6 Å². The second-order valence-electron chi connectivity index (χ2n) is 9.47. The monoisotopic (exact) mass is 478 g/mol. The smallest absolute Gasteiger partial charge is 0.198 e. The third kappa shape index (κ3) is 2.70. The molecule has 0 amide bonds. The molecule has 6 rings (SSSR count). The predicted molar refractivity (Wildman–Crippen MR) is 135 cm³/mol. The van der Waals surface area contributed by atoms with Crippen LogP contribution < -0.4 is 9.47 Å². The van der Waals surface area contributed by atoms with Crippen molar-refractivity contribution in [3.05, 3.63) is 113 Å². The first kappa shape index (κ1) is 22.3. The van der Waals surface area contributed by atoms with Crippen LogP contribution in [0.5, 0.6) is 11.5 Å². The number of aromatic nitrogens is 2. The Morgan fingerprint density at radius 1 is 0.806 bits per heavy atom. The van der Waals surface area contributed by atoms with Gasteiger partial charge in [0.25, 0.3) is 0 Å². The minimum absolute atomic E-state index is 0.163. The number of Topliss-reactive ketones (excluding diaryl/α,β-unsaturated/α-hetero) is 2. The number of nitrogens with zero attached hydrogens (tertiary/aromatic N) is 2. The molecular formula is C30H26N2O4. The summed E-state index contributed by atoms with van der Waals surface area (Å²) in [6, 6.07) is 24.7. The minimum atomic E-state index is -1.39. The van der Waals surface area contributed by atoms with E-state index in [1.807, 2.05) is 79.7 Å². The van der Waals surface area contributed by atoms with E-state index in [0.717, 1.165) is 22.4 Å². The number of benzene rings is 3. The first-order chi connectivity index (χ1) is 17.5. The molecule has 0 fully saturated rings. The van der Waals surface area contributed by atoms with Crippen molar-refractivity contribution in [1.82, 2.24) is 9.78 Å². The van der Waals surface area contributed by atoms with E-state index in [1.54, 1.807) is 25.0 Å². The first-order valence-electron chi connectivity index (χ1n) is 12.0. The lowest BCUT2D eigenvalue weighted by molar-refractivity contribution is 0.0515. The van der Waals surface area contributed by atoms with Crippen LogP contribution in [0.2, 0.25) is 0 Å². The molecule has 4 aromatic rings. The first-order valence-corrected chi connectivity index (χ1v) is 12.0. The Morgan fingerprint density at radius 2 is 1.39 bits per heavy atom. The Labute approximate surface area is 209 Å². The van der Waals surface area contributed by atoms with Gasteiger partial charge in [-0.2, -0.15) is 5.10 Å². The van der Waals surface area contributed by atoms with Crippen LogP contribution in [0.15, 0.2) is 78.9 Å². The van der Waals surface area contributed by atoms with Gasteiger partial charge in [0.05, 0.1) is 19.9 Å². The zero-order valence-electron chi connectivity index (χ0n) is 20.4. The predicted octanol–water partition coefficient (Wildman–Crippen LogP) is 5.01. The summed E-state index contributed by atoms with van der Waals surface area (Å²) in [5.41, 5.74) is 1.78. The molecule has 1 aromatic heterocycles. The number of carbonyl (C=O) groups excluding carboxylic acids is 2. The highest BCUT2D eigenvalue weighted by molar-refractivity contribution is 6.23. The number of rotatable bonds is 4. The van der Waals surface area contributed by atoms with Gasteiger partial charge in [0.15, 0.2) is 11.6 Å². The zero-order chi connectivity index (χ0) is 25.1. The quantitative estimate of drug-likeness (QED) is 0.386. The molecule has 0 saturated heterocycles. The van der Waals surface area contributed by atoms with Gasteiger partial charge in [-0.15, -0.1) is 0 Å². The van der Waals surface area contributed by atoms with Crippen molar-refractivity contribution in [3.63, 3.8) is 0 Å². The van der Waals surface area contributed by atoms with E-state index in [4.69, 9.17) is 14.6 Å². The van der Waals surface area contributed by atoms with Gasteiger partial charge in [-0.25, -0.2) is 4.68 Å². The van der Waals surface area contributed by atoms with Gasteiger partial charge in [0, 0.05) is 5.56 Å². The molecule has 180 valence electrons. The number of methoxy groups -OCH3 is 2. The van der Waals surface area contributed by atoms with E-state index in [1.165, 1.54) is 0 Å². The molecule has 0 unspecified atom stereocenters. The summed E-state index contributed by atoms with van der Waals surface area (Å²) < 4.78 is 12.6. The largest absolute Gasteiger partial charge is 0.497 e. The Hall–Kier alpha value is -4.19. The third-order valence-corrected chi connectivity index (χ3v) is 7.82. The topological polar surface area (TPSA) is 70.4 Å². The third-order valence-electron chi connectivity index (χ3n) is 7.82. The fourth-order valence-electron chi connectivity index (χ4n) is 6.24. The Balaban J connectivity index is 1.74. The lowest BCUT2D eigenvalue weighted by Gasteiger charge is -2.46. The number of hydrogen-bond acceptors (Lipinski definition) is 5. The molecular weight excluding hydrogens is 452 g/mol. The van der Waals surface area contributed by atoms with E-state index < -0.39 is 11.0 Å². The van der Waals surface area contributed by atoms with Gasteiger partial charge < -0.3 is 9.47 Å². The highest BCUT2D eigenvalue weighted by Crippen LogP contribution is 2.60. The van der Waals surface area contributed by atoms with Crippen molar-refractivity contribution in [3.8, 4) is 11.5 Å². The van der Waals surface area contributed by atoms with Crippen LogP contribution in [0.4, 0.5) is 0 Å². The standard InChI is InChI=1S/C30H26N2O4/c1-19-18-26-28(34)29(17-16-20-6-4-5-7-25(20)27(29)33)30(32(26)31-19,21-8-12-23(35-2)13-9-21)22-10-14-24(36-3)15-11-22/h4-15,18H,16-17H2,1-3H3/t29-/m0/s1. The molecule has 1 aliphatic heterocycles. The Kier molecular flexibility index (Phi) is 4.90. The summed E-state index contributed by atoms with van der Waals surface area (Å²) in [4.78, 5) is 29.1. The summed E-state index contributed by atoms with van der Waals surface area (Å²) in [5.74, 6) is 1.04. The van der Waals surface area contributed by atoms with E-state index in [0.29, 0.717) is 35.6 Å². The van der Waals surface area contributed by atoms with E-state index in [9.17, 15) is 9.59 Å². The van der Waals surface area contributed by atoms with Crippen LogP contribution in [0, 0.1) is 12.3 Å². The van der Waals surface area contributed by atoms with Gasteiger partial charge >= 0.3 is 0 Å². The molecule has 0 bridgehead atoms. The number of hydrogen-bond donors (Lipinski definition) is 0. The summed E-state index contributed by atoms with van der Waals surface area (Å²) in [6.45, 7) is 1.87. The molecule has 6 heteroatoms. The molecule has 1 aliphatic carbocycles. The summed E-state index contributed by atoms with van der Waals surface area (Å²) in [5, 5.41) is 4.85. The maximum absolute atomic E-state index is 14.6. The van der Waals surface area contributed by atoms with Crippen LogP contribution in [0.1, 0.15) is 49.7 Å². The van der Waals surface area contributed by atoms with Gasteiger partial charge in [0.1, 0.15) is 28.1 Å². The van der Waals surface area contributed by atoms with Crippen LogP contribution in [-0.2, 0) is 12.0 Å². The average Bonchev–Trinajstić information content (AvgIpc) is 3.40. The lowest BCUT2D eigenvalue weighted by Crippen LogP contribution is -2.57. The second kappa shape index (κ2) is 7.92. The van der Waals surface area contributed by atoms with Gasteiger partial charge in [-0.05, 0) is 66.8 Å².